The molecule has 8 heteroatoms. The van der Waals surface area contributed by atoms with Gasteiger partial charge in [0.05, 0.1) is 24.5 Å². The number of aromatic nitrogens is 2. The van der Waals surface area contributed by atoms with Crippen molar-refractivity contribution >= 4 is 34.6 Å². The molecule has 0 bridgehead atoms. The second kappa shape index (κ2) is 9.70. The van der Waals surface area contributed by atoms with E-state index in [9.17, 15) is 4.79 Å². The summed E-state index contributed by atoms with van der Waals surface area (Å²) in [4.78, 5) is 19.3. The minimum Gasteiger partial charge on any atom is -0.494 e. The zero-order valence-corrected chi connectivity index (χ0v) is 21.9. The van der Waals surface area contributed by atoms with E-state index in [4.69, 9.17) is 17.0 Å². The van der Waals surface area contributed by atoms with Gasteiger partial charge in [-0.3, -0.25) is 9.78 Å². The van der Waals surface area contributed by atoms with Crippen LogP contribution in [0.2, 0.25) is 0 Å². The maximum Gasteiger partial charge on any atom is 0.229 e. The van der Waals surface area contributed by atoms with Gasteiger partial charge in [-0.15, -0.1) is 0 Å². The molecule has 3 heterocycles. The summed E-state index contributed by atoms with van der Waals surface area (Å²) in [5.41, 5.74) is 3.02. The fraction of sp³-hybridized carbons (Fsp3) is 0.370. The average molecular weight is 492 g/mol. The van der Waals surface area contributed by atoms with Gasteiger partial charge in [0.1, 0.15) is 11.8 Å². The second-order valence-corrected chi connectivity index (χ2v) is 10.4. The number of amides is 1. The lowest BCUT2D eigenvalue weighted by Crippen LogP contribution is -2.31. The Labute approximate surface area is 212 Å². The van der Waals surface area contributed by atoms with Crippen LogP contribution in [0.15, 0.2) is 60.9 Å². The van der Waals surface area contributed by atoms with E-state index >= 15 is 0 Å². The molecule has 0 radical (unpaired) electrons. The molecular formula is C27H33N5O2S. The highest BCUT2D eigenvalue weighted by Crippen LogP contribution is 2.44. The number of carbonyl (C=O) groups excluding carboxylic acids is 1. The number of rotatable bonds is 6. The maximum absolute atomic E-state index is 12.6. The predicted octanol–water partition coefficient (Wildman–Crippen LogP) is 5.63. The van der Waals surface area contributed by atoms with Crippen LogP contribution in [-0.4, -0.2) is 27.7 Å². The lowest BCUT2D eigenvalue weighted by Gasteiger charge is -2.30. The molecule has 1 saturated heterocycles. The molecule has 0 spiro atoms. The Balaban J connectivity index is 1.79. The Morgan fingerprint density at radius 2 is 1.94 bits per heavy atom. The van der Waals surface area contributed by atoms with Gasteiger partial charge in [0.2, 0.25) is 5.91 Å². The zero-order chi connectivity index (χ0) is 25.3. The zero-order valence-electron chi connectivity index (χ0n) is 21.1. The Hall–Kier alpha value is -3.39. The Morgan fingerprint density at radius 3 is 2.57 bits per heavy atom. The summed E-state index contributed by atoms with van der Waals surface area (Å²) < 4.78 is 7.93. The molecule has 1 aliphatic heterocycles. The average Bonchev–Trinajstić information content (AvgIpc) is 3.43. The van der Waals surface area contributed by atoms with Crippen LogP contribution in [-0.2, 0) is 4.79 Å². The summed E-state index contributed by atoms with van der Waals surface area (Å²) in [6, 6.07) is 15.9. The number of benzene rings is 1. The highest BCUT2D eigenvalue weighted by atomic mass is 32.1. The van der Waals surface area contributed by atoms with Crippen LogP contribution >= 0.6 is 12.2 Å². The van der Waals surface area contributed by atoms with Crippen molar-refractivity contribution < 1.29 is 9.53 Å². The summed E-state index contributed by atoms with van der Waals surface area (Å²) in [5.74, 6) is 0.493. The minimum absolute atomic E-state index is 0.0789. The molecule has 184 valence electrons. The van der Waals surface area contributed by atoms with E-state index in [0.29, 0.717) is 16.5 Å². The monoisotopic (exact) mass is 491 g/mol. The van der Waals surface area contributed by atoms with Crippen LogP contribution in [0.25, 0.3) is 0 Å². The van der Waals surface area contributed by atoms with Gasteiger partial charge >= 0.3 is 0 Å². The van der Waals surface area contributed by atoms with Crippen molar-refractivity contribution in [1.82, 2.24) is 14.9 Å². The van der Waals surface area contributed by atoms with E-state index in [-0.39, 0.29) is 24.0 Å². The first-order chi connectivity index (χ1) is 16.6. The summed E-state index contributed by atoms with van der Waals surface area (Å²) >= 11 is 5.86. The van der Waals surface area contributed by atoms with Crippen molar-refractivity contribution in [2.24, 2.45) is 5.41 Å². The molecule has 7 nitrogen and oxygen atoms in total. The molecule has 1 aliphatic rings. The summed E-state index contributed by atoms with van der Waals surface area (Å²) in [5, 5.41) is 7.09. The lowest BCUT2D eigenvalue weighted by molar-refractivity contribution is -0.123. The molecule has 1 fully saturated rings. The van der Waals surface area contributed by atoms with Gasteiger partial charge in [0.25, 0.3) is 0 Å². The van der Waals surface area contributed by atoms with Crippen LogP contribution in [0, 0.1) is 5.41 Å². The fourth-order valence-electron chi connectivity index (χ4n) is 4.30. The molecule has 35 heavy (non-hydrogen) atoms. The summed E-state index contributed by atoms with van der Waals surface area (Å²) in [6.45, 7) is 9.97. The third-order valence-corrected chi connectivity index (χ3v) is 6.48. The number of methoxy groups -OCH3 is 1. The molecule has 1 amide bonds. The molecule has 2 unspecified atom stereocenters. The van der Waals surface area contributed by atoms with Crippen LogP contribution in [0.5, 0.6) is 5.75 Å². The summed E-state index contributed by atoms with van der Waals surface area (Å²) in [7, 11) is 1.60. The number of nitrogens with one attached hydrogen (secondary N) is 2. The van der Waals surface area contributed by atoms with Crippen molar-refractivity contribution in [3.63, 3.8) is 0 Å². The standard InChI is InChI=1S/C27H33N5O2S/c1-17(2)31-15-9-11-21(31)24-23(20-10-7-8-14-28-20)30-26(35)32(24)18-12-13-19(22(16-18)34-6)29-25(33)27(3,4)5/h7-17,23-24H,1-6H3,(H,29,33)(H,30,35). The van der Waals surface area contributed by atoms with Crippen LogP contribution in [0.3, 0.4) is 0 Å². The van der Waals surface area contributed by atoms with E-state index in [2.05, 4.69) is 57.3 Å². The van der Waals surface area contributed by atoms with Gasteiger partial charge in [-0.25, -0.2) is 0 Å². The van der Waals surface area contributed by atoms with Crippen LogP contribution in [0.1, 0.15) is 64.1 Å². The van der Waals surface area contributed by atoms with Crippen molar-refractivity contribution in [2.45, 2.75) is 52.7 Å². The molecule has 4 rings (SSSR count). The van der Waals surface area contributed by atoms with E-state index in [1.807, 2.05) is 57.2 Å². The Kier molecular flexibility index (Phi) is 6.85. The smallest absolute Gasteiger partial charge is 0.229 e. The number of thiocarbonyl (C=S) groups is 1. The van der Waals surface area contributed by atoms with Crippen molar-refractivity contribution in [3.8, 4) is 5.75 Å². The fourth-order valence-corrected chi connectivity index (χ4v) is 4.65. The third-order valence-electron chi connectivity index (χ3n) is 6.16. The van der Waals surface area contributed by atoms with E-state index < -0.39 is 5.41 Å². The van der Waals surface area contributed by atoms with Gasteiger partial charge < -0.3 is 24.8 Å². The SMILES string of the molecule is COc1cc(N2C(=S)NC(c3ccccn3)C2c2cccn2C(C)C)ccc1NC(=O)C(C)(C)C. The number of ether oxygens (including phenoxy) is 1. The van der Waals surface area contributed by atoms with E-state index in [1.165, 1.54) is 0 Å². The van der Waals surface area contributed by atoms with Crippen molar-refractivity contribution in [3.05, 3.63) is 72.3 Å². The molecule has 1 aromatic carbocycles. The highest BCUT2D eigenvalue weighted by molar-refractivity contribution is 7.80. The second-order valence-electron chi connectivity index (χ2n) is 10.0. The number of carbonyl (C=O) groups is 1. The largest absolute Gasteiger partial charge is 0.494 e. The third kappa shape index (κ3) is 4.89. The first kappa shape index (κ1) is 24.7. The van der Waals surface area contributed by atoms with Gasteiger partial charge in [-0.2, -0.15) is 0 Å². The number of anilines is 2. The number of hydrogen-bond acceptors (Lipinski definition) is 4. The van der Waals surface area contributed by atoms with Gasteiger partial charge in [-0.1, -0.05) is 26.8 Å². The van der Waals surface area contributed by atoms with E-state index in [1.54, 1.807) is 13.3 Å². The number of nitrogens with zero attached hydrogens (tertiary/aromatic N) is 3. The quantitative estimate of drug-likeness (QED) is 0.435. The van der Waals surface area contributed by atoms with Crippen LogP contribution in [0.4, 0.5) is 11.4 Å². The molecule has 2 N–H and O–H groups in total. The van der Waals surface area contributed by atoms with Crippen LogP contribution < -0.4 is 20.3 Å². The molecule has 2 aromatic heterocycles. The van der Waals surface area contributed by atoms with Gasteiger partial charge in [0, 0.05) is 41.3 Å². The lowest BCUT2D eigenvalue weighted by atomic mass is 9.95. The highest BCUT2D eigenvalue weighted by Gasteiger charge is 2.42. The summed E-state index contributed by atoms with van der Waals surface area (Å²) in [6.07, 6.45) is 3.90. The van der Waals surface area contributed by atoms with Crippen molar-refractivity contribution in [2.75, 3.05) is 17.3 Å². The van der Waals surface area contributed by atoms with E-state index in [0.717, 1.165) is 17.1 Å². The molecule has 3 aromatic rings. The van der Waals surface area contributed by atoms with Crippen molar-refractivity contribution in [1.29, 1.82) is 0 Å². The molecular weight excluding hydrogens is 458 g/mol. The normalized spacial score (nSPS) is 18.0. The maximum atomic E-state index is 12.6. The molecule has 2 atom stereocenters. The Morgan fingerprint density at radius 1 is 1.17 bits per heavy atom. The molecule has 0 saturated carbocycles. The number of hydrogen-bond donors (Lipinski definition) is 2. The first-order valence-corrected chi connectivity index (χ1v) is 12.2. The predicted molar refractivity (Wildman–Crippen MR) is 144 cm³/mol. The van der Waals surface area contributed by atoms with Gasteiger partial charge in [-0.05, 0) is 62.5 Å². The minimum atomic E-state index is -0.520. The number of pyridine rings is 1. The topological polar surface area (TPSA) is 71.4 Å². The first-order valence-electron chi connectivity index (χ1n) is 11.8. The Bertz CT molecular complexity index is 1220. The van der Waals surface area contributed by atoms with Gasteiger partial charge in [0.15, 0.2) is 5.11 Å². The molecule has 0 aliphatic carbocycles.